The Balaban J connectivity index is 1.82. The molecule has 1 aromatic heterocycles. The van der Waals surface area contributed by atoms with Crippen LogP contribution in [0.15, 0.2) is 90.0 Å². The SMILES string of the molecule is COc1cc(-c2cc(CN([C@@H](Cc3ccccc3)C(=O)NCCO[Si](C)(C)C(C)(C)C)S(=O)(=O)c3ccccc3[N+](=O)[O-])ccn2)cc(OC)c1OC. The van der Waals surface area contributed by atoms with E-state index in [-0.39, 0.29) is 31.2 Å². The summed E-state index contributed by atoms with van der Waals surface area (Å²) in [6.07, 6.45) is 1.51. The molecule has 1 N–H and O–H groups in total. The van der Waals surface area contributed by atoms with Gasteiger partial charge in [-0.05, 0) is 66.0 Å². The largest absolute Gasteiger partial charge is 0.493 e. The van der Waals surface area contributed by atoms with Gasteiger partial charge in [0.1, 0.15) is 6.04 Å². The zero-order chi connectivity index (χ0) is 39.0. The first-order valence-electron chi connectivity index (χ1n) is 17.0. The van der Waals surface area contributed by atoms with Crippen LogP contribution in [0.4, 0.5) is 5.69 Å². The summed E-state index contributed by atoms with van der Waals surface area (Å²) in [6, 6.07) is 19.6. The second kappa shape index (κ2) is 17.3. The summed E-state index contributed by atoms with van der Waals surface area (Å²) in [6.45, 7) is 10.6. The van der Waals surface area contributed by atoms with Gasteiger partial charge < -0.3 is 24.0 Å². The van der Waals surface area contributed by atoms with E-state index in [1.807, 2.05) is 6.07 Å². The minimum absolute atomic E-state index is 0.0134. The number of nitro benzene ring substituents is 1. The predicted octanol–water partition coefficient (Wildman–Crippen LogP) is 6.62. The number of hydrogen-bond acceptors (Lipinski definition) is 10. The van der Waals surface area contributed by atoms with E-state index in [1.165, 1.54) is 45.7 Å². The Labute approximate surface area is 312 Å². The average Bonchev–Trinajstić information content (AvgIpc) is 3.14. The van der Waals surface area contributed by atoms with E-state index in [1.54, 1.807) is 48.5 Å². The maximum absolute atomic E-state index is 14.7. The zero-order valence-electron chi connectivity index (χ0n) is 31.4. The first-order valence-corrected chi connectivity index (χ1v) is 21.3. The van der Waals surface area contributed by atoms with Crippen LogP contribution in [0.3, 0.4) is 0 Å². The van der Waals surface area contributed by atoms with Gasteiger partial charge in [-0.2, -0.15) is 4.31 Å². The van der Waals surface area contributed by atoms with Gasteiger partial charge in [-0.25, -0.2) is 8.42 Å². The minimum Gasteiger partial charge on any atom is -0.493 e. The second-order valence-corrected chi connectivity index (χ2v) is 20.5. The molecular weight excluding hydrogens is 717 g/mol. The standard InChI is InChI=1S/C38H48N4O9SSi/c1-38(2,3)53(7,8)51-21-20-40-37(43)32(23-27-14-10-9-11-15-27)41(52(46,47)35-17-13-12-16-31(35)42(44)45)26-28-18-19-39-30(22-28)29-24-33(48-4)36(50-6)34(25-29)49-5/h9-19,22,24-25,32H,20-21,23,26H2,1-8H3,(H,40,43)/t32-/m0/s1. The maximum atomic E-state index is 14.7. The number of pyridine rings is 1. The predicted molar refractivity (Wildman–Crippen MR) is 205 cm³/mol. The third-order valence-electron chi connectivity index (χ3n) is 9.36. The fourth-order valence-corrected chi connectivity index (χ4v) is 8.21. The number of carbonyl (C=O) groups is 1. The van der Waals surface area contributed by atoms with Gasteiger partial charge in [0.2, 0.25) is 11.7 Å². The number of nitrogens with one attached hydrogen (secondary N) is 1. The Morgan fingerprint density at radius 3 is 2.13 bits per heavy atom. The summed E-state index contributed by atoms with van der Waals surface area (Å²) in [7, 11) is -2.34. The molecule has 4 aromatic rings. The van der Waals surface area contributed by atoms with E-state index >= 15 is 0 Å². The molecule has 0 radical (unpaired) electrons. The van der Waals surface area contributed by atoms with E-state index < -0.39 is 45.8 Å². The van der Waals surface area contributed by atoms with E-state index in [9.17, 15) is 23.3 Å². The van der Waals surface area contributed by atoms with Crippen LogP contribution < -0.4 is 19.5 Å². The summed E-state index contributed by atoms with van der Waals surface area (Å²) < 4.78 is 53.2. The molecular formula is C38H48N4O9SSi. The van der Waals surface area contributed by atoms with Crippen LogP contribution >= 0.6 is 0 Å². The lowest BCUT2D eigenvalue weighted by Crippen LogP contribution is -2.51. The summed E-state index contributed by atoms with van der Waals surface area (Å²) in [4.78, 5) is 29.6. The van der Waals surface area contributed by atoms with Crippen LogP contribution in [-0.2, 0) is 32.2 Å². The highest BCUT2D eigenvalue weighted by Crippen LogP contribution is 2.41. The minimum atomic E-state index is -4.69. The van der Waals surface area contributed by atoms with Gasteiger partial charge in [-0.1, -0.05) is 63.2 Å². The van der Waals surface area contributed by atoms with Crippen molar-refractivity contribution in [3.63, 3.8) is 0 Å². The molecule has 0 aliphatic rings. The van der Waals surface area contributed by atoms with Gasteiger partial charge in [0.15, 0.2) is 24.7 Å². The summed E-state index contributed by atoms with van der Waals surface area (Å²) in [5, 5.41) is 15.0. The molecule has 0 bridgehead atoms. The van der Waals surface area contributed by atoms with Crippen molar-refractivity contribution in [3.8, 4) is 28.5 Å². The summed E-state index contributed by atoms with van der Waals surface area (Å²) in [5.74, 6) is 0.605. The van der Waals surface area contributed by atoms with Crippen LogP contribution in [0.1, 0.15) is 31.9 Å². The molecule has 3 aromatic carbocycles. The lowest BCUT2D eigenvalue weighted by atomic mass is 10.0. The monoisotopic (exact) mass is 764 g/mol. The number of methoxy groups -OCH3 is 3. The number of sulfonamides is 1. The van der Waals surface area contributed by atoms with E-state index in [0.717, 1.165) is 10.4 Å². The third-order valence-corrected chi connectivity index (χ3v) is 15.8. The van der Waals surface area contributed by atoms with Gasteiger partial charge in [0.25, 0.3) is 15.7 Å². The fraction of sp³-hybridized carbons (Fsp3) is 0.368. The topological polar surface area (TPSA) is 159 Å². The van der Waals surface area contributed by atoms with Crippen molar-refractivity contribution < 1.29 is 36.8 Å². The smallest absolute Gasteiger partial charge is 0.289 e. The molecule has 0 aliphatic carbocycles. The van der Waals surface area contributed by atoms with Crippen molar-refractivity contribution in [1.29, 1.82) is 0 Å². The van der Waals surface area contributed by atoms with Gasteiger partial charge in [0, 0.05) is 30.9 Å². The maximum Gasteiger partial charge on any atom is 0.289 e. The van der Waals surface area contributed by atoms with E-state index in [2.05, 4.69) is 44.2 Å². The Hall–Kier alpha value is -4.83. The van der Waals surface area contributed by atoms with Crippen molar-refractivity contribution in [2.24, 2.45) is 0 Å². The molecule has 0 saturated heterocycles. The quantitative estimate of drug-likeness (QED) is 0.0536. The molecule has 0 unspecified atom stereocenters. The molecule has 13 nitrogen and oxygen atoms in total. The molecule has 1 atom stereocenters. The van der Waals surface area contributed by atoms with Crippen molar-refractivity contribution in [3.05, 3.63) is 106 Å². The van der Waals surface area contributed by atoms with Crippen LogP contribution in [0.2, 0.25) is 18.1 Å². The first-order chi connectivity index (χ1) is 25.0. The second-order valence-electron chi connectivity index (χ2n) is 13.8. The summed E-state index contributed by atoms with van der Waals surface area (Å²) >= 11 is 0. The highest BCUT2D eigenvalue weighted by Gasteiger charge is 2.40. The number of benzene rings is 3. The molecule has 4 rings (SSSR count). The summed E-state index contributed by atoms with van der Waals surface area (Å²) in [5.41, 5.74) is 1.61. The van der Waals surface area contributed by atoms with Crippen LogP contribution in [0.25, 0.3) is 11.3 Å². The molecule has 0 fully saturated rings. The highest BCUT2D eigenvalue weighted by molar-refractivity contribution is 7.89. The fourth-order valence-electron chi connectivity index (χ4n) is 5.43. The normalized spacial score (nSPS) is 12.6. The number of nitro groups is 1. The van der Waals surface area contributed by atoms with Gasteiger partial charge >= 0.3 is 0 Å². The zero-order valence-corrected chi connectivity index (χ0v) is 33.2. The van der Waals surface area contributed by atoms with Crippen molar-refractivity contribution in [2.75, 3.05) is 34.5 Å². The highest BCUT2D eigenvalue weighted by atomic mass is 32.2. The Bertz CT molecular complexity index is 1980. The van der Waals surface area contributed by atoms with E-state index in [4.69, 9.17) is 18.6 Å². The molecule has 1 heterocycles. The number of rotatable bonds is 17. The average molecular weight is 765 g/mol. The van der Waals surface area contributed by atoms with Crippen molar-refractivity contribution >= 4 is 29.9 Å². The molecule has 1 amide bonds. The van der Waals surface area contributed by atoms with Crippen LogP contribution in [0.5, 0.6) is 17.2 Å². The van der Waals surface area contributed by atoms with Gasteiger partial charge in [-0.3, -0.25) is 19.9 Å². The number of nitrogens with zero attached hydrogens (tertiary/aromatic N) is 3. The number of para-hydroxylation sites is 1. The molecule has 15 heteroatoms. The Kier molecular flexibility index (Phi) is 13.4. The molecule has 0 aliphatic heterocycles. The van der Waals surface area contributed by atoms with Crippen molar-refractivity contribution in [1.82, 2.24) is 14.6 Å². The van der Waals surface area contributed by atoms with Crippen molar-refractivity contribution in [2.45, 2.75) is 62.8 Å². The van der Waals surface area contributed by atoms with Crippen LogP contribution in [-0.4, -0.2) is 77.4 Å². The number of amides is 1. The Morgan fingerprint density at radius 2 is 1.55 bits per heavy atom. The molecule has 0 saturated carbocycles. The third kappa shape index (κ3) is 9.78. The molecule has 0 spiro atoms. The van der Waals surface area contributed by atoms with Gasteiger partial charge in [0.05, 0.1) is 38.6 Å². The number of aromatic nitrogens is 1. The number of ether oxygens (including phenoxy) is 3. The first kappa shape index (κ1) is 40.9. The Morgan fingerprint density at radius 1 is 0.925 bits per heavy atom. The van der Waals surface area contributed by atoms with E-state index in [0.29, 0.717) is 39.6 Å². The molecule has 53 heavy (non-hydrogen) atoms. The molecule has 284 valence electrons. The number of carbonyl (C=O) groups excluding carboxylic acids is 1. The number of hydrogen-bond donors (Lipinski definition) is 1. The lowest BCUT2D eigenvalue weighted by molar-refractivity contribution is -0.387. The lowest BCUT2D eigenvalue weighted by Gasteiger charge is -2.36. The van der Waals surface area contributed by atoms with Crippen LogP contribution in [0, 0.1) is 10.1 Å². The van der Waals surface area contributed by atoms with Gasteiger partial charge in [-0.15, -0.1) is 0 Å².